The average Bonchev–Trinajstić information content (AvgIpc) is 2.69. The number of amides is 1. The van der Waals surface area contributed by atoms with Crippen LogP contribution < -0.4 is 11.1 Å². The van der Waals surface area contributed by atoms with Gasteiger partial charge in [-0.15, -0.1) is 0 Å². The minimum Gasteiger partial charge on any atom is -0.366 e. The highest BCUT2D eigenvalue weighted by molar-refractivity contribution is 6.07. The lowest BCUT2D eigenvalue weighted by Gasteiger charge is -2.35. The van der Waals surface area contributed by atoms with Crippen LogP contribution >= 0.6 is 0 Å². The molecule has 0 aliphatic carbocycles. The zero-order valence-electron chi connectivity index (χ0n) is 16.4. The Bertz CT molecular complexity index is 1030. The number of rotatable bonds is 7. The van der Waals surface area contributed by atoms with Gasteiger partial charge in [0.25, 0.3) is 5.91 Å². The van der Waals surface area contributed by atoms with Gasteiger partial charge in [-0.25, -0.2) is 14.4 Å². The molecule has 3 N–H and O–H groups in total. The quantitative estimate of drug-likeness (QED) is 0.644. The molecule has 0 radical (unpaired) electrons. The number of aryl methyl sites for hydroxylation is 1. The van der Waals surface area contributed by atoms with Crippen molar-refractivity contribution in [3.63, 3.8) is 0 Å². The molecule has 0 bridgehead atoms. The summed E-state index contributed by atoms with van der Waals surface area (Å²) in [7, 11) is 0. The Balaban J connectivity index is 1.77. The molecule has 1 fully saturated rings. The van der Waals surface area contributed by atoms with Gasteiger partial charge in [-0.2, -0.15) is 0 Å². The van der Waals surface area contributed by atoms with Crippen molar-refractivity contribution in [2.24, 2.45) is 5.73 Å². The van der Waals surface area contributed by atoms with E-state index in [1.54, 1.807) is 24.3 Å². The number of para-hydroxylation sites is 1. The summed E-state index contributed by atoms with van der Waals surface area (Å²) in [5.74, 6) is 0.515. The Morgan fingerprint density at radius 2 is 1.97 bits per heavy atom. The average molecular weight is 393 g/mol. The maximum Gasteiger partial charge on any atom is 0.250 e. The number of anilines is 1. The largest absolute Gasteiger partial charge is 0.366 e. The predicted octanol–water partition coefficient (Wildman–Crippen LogP) is 3.29. The first-order chi connectivity index (χ1) is 14.0. The number of nitrogens with two attached hydrogens (primary N) is 1. The number of hydrogen-bond acceptors (Lipinski definition) is 5. The molecular weight excluding hydrogens is 369 g/mol. The van der Waals surface area contributed by atoms with E-state index < -0.39 is 5.91 Å². The molecule has 3 aromatic rings. The second-order valence-corrected chi connectivity index (χ2v) is 7.31. The van der Waals surface area contributed by atoms with Gasteiger partial charge in [0.2, 0.25) is 0 Å². The molecule has 7 heteroatoms. The van der Waals surface area contributed by atoms with Crippen LogP contribution in [0.3, 0.4) is 0 Å². The molecule has 1 aliphatic rings. The zero-order chi connectivity index (χ0) is 20.4. The Hall–Kier alpha value is -3.06. The van der Waals surface area contributed by atoms with Gasteiger partial charge in [0.05, 0.1) is 17.1 Å². The van der Waals surface area contributed by atoms with Crippen molar-refractivity contribution in [1.82, 2.24) is 14.9 Å². The van der Waals surface area contributed by atoms with Crippen LogP contribution in [0.1, 0.15) is 41.1 Å². The number of halogens is 1. The Labute approximate surface area is 168 Å². The first kappa shape index (κ1) is 19.3. The zero-order valence-corrected chi connectivity index (χ0v) is 16.4. The lowest BCUT2D eigenvalue weighted by atomic mass is 10.0. The van der Waals surface area contributed by atoms with Crippen LogP contribution in [-0.2, 0) is 6.42 Å². The highest BCUT2D eigenvalue weighted by Gasteiger charge is 2.22. The molecule has 2 heterocycles. The molecule has 1 saturated heterocycles. The van der Waals surface area contributed by atoms with Crippen LogP contribution in [0.25, 0.3) is 10.9 Å². The number of aromatic nitrogens is 2. The second kappa shape index (κ2) is 8.13. The number of hydrogen-bond donors (Lipinski definition) is 2. The van der Waals surface area contributed by atoms with Crippen molar-refractivity contribution in [3.05, 3.63) is 65.2 Å². The van der Waals surface area contributed by atoms with Crippen LogP contribution in [0.2, 0.25) is 0 Å². The molecule has 2 aromatic carbocycles. The standard InChI is InChI=1S/C22H24FN5O/c1-2-19-26-20-16(21(24)29)5-3-6-17(20)22(27-19)25-18(13-28-11-4-12-28)14-7-9-15(23)10-8-14/h3,5-10,18H,2,4,11-13H2,1H3,(H2,24,29)(H,25,26,27)/t18-/m1/s1. The molecule has 1 aromatic heterocycles. The van der Waals surface area contributed by atoms with Gasteiger partial charge in [0.15, 0.2) is 0 Å². The number of benzene rings is 2. The molecule has 4 rings (SSSR count). The van der Waals surface area contributed by atoms with E-state index in [-0.39, 0.29) is 11.9 Å². The Morgan fingerprint density at radius 3 is 2.59 bits per heavy atom. The van der Waals surface area contributed by atoms with Crippen molar-refractivity contribution in [3.8, 4) is 0 Å². The minimum absolute atomic E-state index is 0.0732. The van der Waals surface area contributed by atoms with Gasteiger partial charge >= 0.3 is 0 Å². The molecule has 1 atom stereocenters. The van der Waals surface area contributed by atoms with E-state index >= 15 is 0 Å². The van der Waals surface area contributed by atoms with E-state index in [1.165, 1.54) is 18.6 Å². The van der Waals surface area contributed by atoms with Gasteiger partial charge in [-0.1, -0.05) is 25.1 Å². The highest BCUT2D eigenvalue weighted by Crippen LogP contribution is 2.28. The molecule has 6 nitrogen and oxygen atoms in total. The molecule has 1 aliphatic heterocycles. The van der Waals surface area contributed by atoms with E-state index in [0.717, 1.165) is 30.6 Å². The second-order valence-electron chi connectivity index (χ2n) is 7.31. The van der Waals surface area contributed by atoms with Gasteiger partial charge in [0, 0.05) is 18.4 Å². The molecular formula is C22H24FN5O. The smallest absolute Gasteiger partial charge is 0.250 e. The fourth-order valence-electron chi connectivity index (χ4n) is 3.58. The fourth-order valence-corrected chi connectivity index (χ4v) is 3.58. The monoisotopic (exact) mass is 393 g/mol. The maximum atomic E-state index is 13.4. The van der Waals surface area contributed by atoms with Crippen LogP contribution in [0.4, 0.5) is 10.2 Å². The number of primary amides is 1. The van der Waals surface area contributed by atoms with Crippen molar-refractivity contribution < 1.29 is 9.18 Å². The third kappa shape index (κ3) is 4.05. The normalized spacial score (nSPS) is 15.1. The third-order valence-electron chi connectivity index (χ3n) is 5.33. The molecule has 150 valence electrons. The summed E-state index contributed by atoms with van der Waals surface area (Å²) in [6.45, 7) is 4.86. The van der Waals surface area contributed by atoms with Crippen molar-refractivity contribution in [1.29, 1.82) is 0 Å². The van der Waals surface area contributed by atoms with Gasteiger partial charge in [-0.3, -0.25) is 4.79 Å². The summed E-state index contributed by atoms with van der Waals surface area (Å²) >= 11 is 0. The Morgan fingerprint density at radius 1 is 1.21 bits per heavy atom. The SMILES string of the molecule is CCc1nc(N[C@H](CN2CCC2)c2ccc(F)cc2)c2cccc(C(N)=O)c2n1. The van der Waals surface area contributed by atoms with Gasteiger partial charge in [0.1, 0.15) is 17.5 Å². The number of nitrogens with zero attached hydrogens (tertiary/aromatic N) is 3. The fraction of sp³-hybridized carbons (Fsp3) is 0.318. The topological polar surface area (TPSA) is 84.1 Å². The van der Waals surface area contributed by atoms with E-state index in [9.17, 15) is 9.18 Å². The Kier molecular flexibility index (Phi) is 5.40. The highest BCUT2D eigenvalue weighted by atomic mass is 19.1. The molecule has 0 spiro atoms. The number of carbonyl (C=O) groups is 1. The van der Waals surface area contributed by atoms with E-state index in [1.807, 2.05) is 13.0 Å². The molecule has 0 saturated carbocycles. The molecule has 1 amide bonds. The summed E-state index contributed by atoms with van der Waals surface area (Å²) in [5, 5.41) is 4.28. The van der Waals surface area contributed by atoms with Crippen LogP contribution in [-0.4, -0.2) is 40.4 Å². The summed E-state index contributed by atoms with van der Waals surface area (Å²) in [6.07, 6.45) is 1.82. The van der Waals surface area contributed by atoms with E-state index in [2.05, 4.69) is 20.2 Å². The van der Waals surface area contributed by atoms with E-state index in [0.29, 0.717) is 29.1 Å². The first-order valence-corrected chi connectivity index (χ1v) is 9.89. The predicted molar refractivity (Wildman–Crippen MR) is 111 cm³/mol. The minimum atomic E-state index is -0.516. The third-order valence-corrected chi connectivity index (χ3v) is 5.33. The van der Waals surface area contributed by atoms with Crippen molar-refractivity contribution >= 4 is 22.6 Å². The van der Waals surface area contributed by atoms with Gasteiger partial charge in [-0.05, 0) is 49.3 Å². The lowest BCUT2D eigenvalue weighted by Crippen LogP contribution is -2.41. The summed E-state index contributed by atoms with van der Waals surface area (Å²) < 4.78 is 13.4. The van der Waals surface area contributed by atoms with Crippen LogP contribution in [0.15, 0.2) is 42.5 Å². The number of likely N-dealkylation sites (tertiary alicyclic amines) is 1. The van der Waals surface area contributed by atoms with Gasteiger partial charge < -0.3 is 16.0 Å². The number of nitrogens with one attached hydrogen (secondary N) is 1. The lowest BCUT2D eigenvalue weighted by molar-refractivity contribution is 0.100. The molecule has 0 unspecified atom stereocenters. The number of fused-ring (bicyclic) bond motifs is 1. The number of carbonyl (C=O) groups excluding carboxylic acids is 1. The van der Waals surface area contributed by atoms with Crippen LogP contribution in [0.5, 0.6) is 0 Å². The maximum absolute atomic E-state index is 13.4. The summed E-state index contributed by atoms with van der Waals surface area (Å²) in [5.41, 5.74) is 7.47. The molecule has 29 heavy (non-hydrogen) atoms. The summed E-state index contributed by atoms with van der Waals surface area (Å²) in [6, 6.07) is 11.8. The van der Waals surface area contributed by atoms with Crippen LogP contribution in [0, 0.1) is 5.82 Å². The first-order valence-electron chi connectivity index (χ1n) is 9.89. The van der Waals surface area contributed by atoms with Crippen molar-refractivity contribution in [2.45, 2.75) is 25.8 Å². The van der Waals surface area contributed by atoms with E-state index in [4.69, 9.17) is 5.73 Å². The van der Waals surface area contributed by atoms with Crippen molar-refractivity contribution in [2.75, 3.05) is 25.0 Å². The summed E-state index contributed by atoms with van der Waals surface area (Å²) in [4.78, 5) is 23.5.